The molecule has 1 saturated heterocycles. The Morgan fingerprint density at radius 1 is 1.10 bits per heavy atom. The van der Waals surface area contributed by atoms with Gasteiger partial charge in [-0.25, -0.2) is 9.97 Å². The first-order valence-corrected chi connectivity index (χ1v) is 9.52. The average Bonchev–Trinajstić information content (AvgIpc) is 2.71. The third-order valence-corrected chi connectivity index (χ3v) is 5.49. The monoisotopic (exact) mass is 381 g/mol. The summed E-state index contributed by atoms with van der Waals surface area (Å²) in [5, 5.41) is 13.2. The molecule has 1 fully saturated rings. The summed E-state index contributed by atoms with van der Waals surface area (Å²) in [4.78, 5) is 22.6. The smallest absolute Gasteiger partial charge is 0.246 e. The van der Waals surface area contributed by atoms with Crippen molar-refractivity contribution in [1.29, 1.82) is 0 Å². The summed E-state index contributed by atoms with van der Waals surface area (Å²) < 4.78 is 0. The maximum absolute atomic E-state index is 11.6. The summed E-state index contributed by atoms with van der Waals surface area (Å²) in [6.07, 6.45) is 3.17. The maximum atomic E-state index is 11.6. The number of fused-ring (bicyclic) bond motifs is 2. The molecule has 2 heterocycles. The van der Waals surface area contributed by atoms with Gasteiger partial charge in [0.05, 0.1) is 11.4 Å². The highest BCUT2D eigenvalue weighted by Crippen LogP contribution is 2.34. The predicted molar refractivity (Wildman–Crippen MR) is 114 cm³/mol. The Bertz CT molecular complexity index is 1280. The lowest BCUT2D eigenvalue weighted by atomic mass is 9.96. The molecule has 0 saturated carbocycles. The first kappa shape index (κ1) is 17.4. The number of aromatic hydroxyl groups is 1. The second kappa shape index (κ2) is 6.71. The summed E-state index contributed by atoms with van der Waals surface area (Å²) in [7, 11) is 0. The molecule has 3 aromatic carbocycles. The first-order chi connectivity index (χ1) is 14.1. The van der Waals surface area contributed by atoms with E-state index in [0.717, 1.165) is 38.6 Å². The van der Waals surface area contributed by atoms with Crippen LogP contribution in [0.25, 0.3) is 32.8 Å². The zero-order valence-corrected chi connectivity index (χ0v) is 15.7. The average molecular weight is 381 g/mol. The zero-order valence-electron chi connectivity index (χ0n) is 15.7. The molecule has 5 heteroatoms. The van der Waals surface area contributed by atoms with E-state index in [-0.39, 0.29) is 17.6 Å². The van der Waals surface area contributed by atoms with Gasteiger partial charge in [-0.1, -0.05) is 36.9 Å². The quantitative estimate of drug-likeness (QED) is 0.538. The standard InChI is InChI=1S/C24H19N3O2/c1-2-23(29)27-13-18(14-27)24-25-12-17-9-16(7-8-22(17)26-24)21-11-19(28)10-15-5-3-4-6-20(15)21/h2-12,18,28H,1,13-14H2. The van der Waals surface area contributed by atoms with Crippen LogP contribution in [0.3, 0.4) is 0 Å². The van der Waals surface area contributed by atoms with Gasteiger partial charge in [0.2, 0.25) is 5.91 Å². The minimum absolute atomic E-state index is 0.0509. The lowest BCUT2D eigenvalue weighted by molar-refractivity contribution is -0.130. The number of amides is 1. The van der Waals surface area contributed by atoms with Crippen molar-refractivity contribution in [3.8, 4) is 16.9 Å². The Morgan fingerprint density at radius 3 is 2.76 bits per heavy atom. The normalized spacial score (nSPS) is 14.1. The molecule has 0 atom stereocenters. The van der Waals surface area contributed by atoms with Crippen LogP contribution in [-0.4, -0.2) is 39.0 Å². The molecule has 142 valence electrons. The highest BCUT2D eigenvalue weighted by molar-refractivity contribution is 5.99. The second-order valence-electron chi connectivity index (χ2n) is 7.36. The molecule has 0 radical (unpaired) electrons. The van der Waals surface area contributed by atoms with Crippen LogP contribution < -0.4 is 0 Å². The molecule has 5 rings (SSSR count). The number of rotatable bonds is 3. The van der Waals surface area contributed by atoms with Crippen LogP contribution in [0.5, 0.6) is 5.75 Å². The minimum Gasteiger partial charge on any atom is -0.508 e. The van der Waals surface area contributed by atoms with E-state index in [4.69, 9.17) is 4.98 Å². The molecule has 29 heavy (non-hydrogen) atoms. The van der Waals surface area contributed by atoms with Crippen molar-refractivity contribution in [1.82, 2.24) is 14.9 Å². The number of benzene rings is 3. The molecule has 0 unspecified atom stereocenters. The van der Waals surface area contributed by atoms with E-state index in [9.17, 15) is 9.90 Å². The van der Waals surface area contributed by atoms with E-state index in [1.807, 2.05) is 36.5 Å². The summed E-state index contributed by atoms with van der Waals surface area (Å²) in [6, 6.07) is 17.6. The van der Waals surface area contributed by atoms with Gasteiger partial charge in [-0.05, 0) is 52.2 Å². The van der Waals surface area contributed by atoms with Gasteiger partial charge in [-0.15, -0.1) is 0 Å². The number of hydrogen-bond donors (Lipinski definition) is 1. The van der Waals surface area contributed by atoms with Crippen molar-refractivity contribution in [2.45, 2.75) is 5.92 Å². The fourth-order valence-corrected chi connectivity index (χ4v) is 3.90. The fraction of sp³-hybridized carbons (Fsp3) is 0.125. The molecule has 0 bridgehead atoms. The molecule has 4 aromatic rings. The predicted octanol–water partition coefficient (Wildman–Crippen LogP) is 4.27. The van der Waals surface area contributed by atoms with Crippen LogP contribution in [0.4, 0.5) is 0 Å². The zero-order chi connectivity index (χ0) is 20.0. The van der Waals surface area contributed by atoms with Crippen LogP contribution >= 0.6 is 0 Å². The number of likely N-dealkylation sites (tertiary alicyclic amines) is 1. The molecular formula is C24H19N3O2. The fourth-order valence-electron chi connectivity index (χ4n) is 3.90. The van der Waals surface area contributed by atoms with Gasteiger partial charge in [0, 0.05) is 24.7 Å². The maximum Gasteiger partial charge on any atom is 0.246 e. The van der Waals surface area contributed by atoms with Crippen LogP contribution in [0, 0.1) is 0 Å². The lowest BCUT2D eigenvalue weighted by Gasteiger charge is -2.37. The van der Waals surface area contributed by atoms with Crippen molar-refractivity contribution in [2.75, 3.05) is 13.1 Å². The molecule has 1 amide bonds. The summed E-state index contributed by atoms with van der Waals surface area (Å²) in [5.74, 6) is 1.12. The van der Waals surface area contributed by atoms with Gasteiger partial charge in [0.25, 0.3) is 0 Å². The minimum atomic E-state index is -0.0509. The van der Waals surface area contributed by atoms with Gasteiger partial charge in [0.1, 0.15) is 11.6 Å². The van der Waals surface area contributed by atoms with E-state index < -0.39 is 0 Å². The highest BCUT2D eigenvalue weighted by atomic mass is 16.3. The second-order valence-corrected chi connectivity index (χ2v) is 7.36. The number of carbonyl (C=O) groups is 1. The number of phenols is 1. The van der Waals surface area contributed by atoms with E-state index in [1.54, 1.807) is 17.0 Å². The third-order valence-electron chi connectivity index (χ3n) is 5.49. The van der Waals surface area contributed by atoms with Crippen LogP contribution in [0.1, 0.15) is 11.7 Å². The van der Waals surface area contributed by atoms with E-state index in [0.29, 0.717) is 13.1 Å². The van der Waals surface area contributed by atoms with Crippen molar-refractivity contribution in [2.24, 2.45) is 0 Å². The molecule has 1 aliphatic heterocycles. The Labute approximate surface area is 168 Å². The van der Waals surface area contributed by atoms with Crippen LogP contribution in [-0.2, 0) is 4.79 Å². The lowest BCUT2D eigenvalue weighted by Crippen LogP contribution is -2.48. The Hall–Kier alpha value is -3.73. The molecule has 1 N–H and O–H groups in total. The summed E-state index contributed by atoms with van der Waals surface area (Å²) in [6.45, 7) is 4.78. The summed E-state index contributed by atoms with van der Waals surface area (Å²) >= 11 is 0. The van der Waals surface area contributed by atoms with E-state index in [1.165, 1.54) is 6.08 Å². The van der Waals surface area contributed by atoms with Crippen molar-refractivity contribution in [3.63, 3.8) is 0 Å². The van der Waals surface area contributed by atoms with Crippen molar-refractivity contribution < 1.29 is 9.90 Å². The van der Waals surface area contributed by atoms with Gasteiger partial charge in [-0.3, -0.25) is 4.79 Å². The van der Waals surface area contributed by atoms with Gasteiger partial charge >= 0.3 is 0 Å². The van der Waals surface area contributed by atoms with Crippen LogP contribution in [0.2, 0.25) is 0 Å². The Morgan fingerprint density at radius 2 is 1.93 bits per heavy atom. The molecule has 0 spiro atoms. The van der Waals surface area contributed by atoms with E-state index in [2.05, 4.69) is 23.7 Å². The highest BCUT2D eigenvalue weighted by Gasteiger charge is 2.32. The molecule has 1 aromatic heterocycles. The number of phenolic OH excluding ortho intramolecular Hbond substituents is 1. The molecule has 1 aliphatic rings. The SMILES string of the molecule is C=CC(=O)N1CC(c2ncc3cc(-c4cc(O)cc5ccccc45)ccc3n2)C1. The van der Waals surface area contributed by atoms with Gasteiger partial charge in [0.15, 0.2) is 0 Å². The third kappa shape index (κ3) is 3.01. The molecule has 0 aliphatic carbocycles. The Balaban J connectivity index is 1.50. The van der Waals surface area contributed by atoms with Crippen molar-refractivity contribution >= 4 is 27.6 Å². The largest absolute Gasteiger partial charge is 0.508 e. The number of nitrogens with zero attached hydrogens (tertiary/aromatic N) is 3. The van der Waals surface area contributed by atoms with Gasteiger partial charge in [-0.2, -0.15) is 0 Å². The Kier molecular flexibility index (Phi) is 4.02. The number of hydrogen-bond acceptors (Lipinski definition) is 4. The van der Waals surface area contributed by atoms with Crippen molar-refractivity contribution in [3.05, 3.63) is 79.3 Å². The number of aromatic nitrogens is 2. The van der Waals surface area contributed by atoms with Gasteiger partial charge < -0.3 is 10.0 Å². The molecular weight excluding hydrogens is 362 g/mol. The van der Waals surface area contributed by atoms with E-state index >= 15 is 0 Å². The number of carbonyl (C=O) groups excluding carboxylic acids is 1. The molecule has 5 nitrogen and oxygen atoms in total. The topological polar surface area (TPSA) is 66.3 Å². The summed E-state index contributed by atoms with van der Waals surface area (Å²) in [5.41, 5.74) is 2.85. The van der Waals surface area contributed by atoms with Crippen LogP contribution in [0.15, 0.2) is 73.4 Å². The first-order valence-electron chi connectivity index (χ1n) is 9.52.